The molecule has 0 heterocycles. The number of hydrogen-bond acceptors (Lipinski definition) is 1. The average molecular weight is 227 g/mol. The summed E-state index contributed by atoms with van der Waals surface area (Å²) >= 11 is 0. The van der Waals surface area contributed by atoms with Crippen LogP contribution in [0.4, 0.5) is 0 Å². The first-order chi connectivity index (χ1) is 7.42. The van der Waals surface area contributed by atoms with Gasteiger partial charge in [0, 0.05) is 6.04 Å². The Morgan fingerprint density at radius 1 is 0.812 bits per heavy atom. The van der Waals surface area contributed by atoms with Crippen molar-refractivity contribution in [1.82, 2.24) is 0 Å². The molecule has 1 unspecified atom stereocenters. The van der Waals surface area contributed by atoms with E-state index in [2.05, 4.69) is 27.7 Å². The van der Waals surface area contributed by atoms with Gasteiger partial charge in [-0.1, -0.05) is 65.7 Å². The third-order valence-corrected chi connectivity index (χ3v) is 3.09. The summed E-state index contributed by atoms with van der Waals surface area (Å²) in [6, 6.07) is 0.395. The van der Waals surface area contributed by atoms with Crippen LogP contribution < -0.4 is 5.73 Å². The molecule has 0 amide bonds. The molecule has 0 saturated heterocycles. The molecule has 0 rings (SSSR count). The Hall–Kier alpha value is -0.0400. The summed E-state index contributed by atoms with van der Waals surface area (Å²) in [6.45, 7) is 9.11. The SMILES string of the molecule is CC(N)CCCCCCCCCC(C)(C)C. The van der Waals surface area contributed by atoms with Crippen molar-refractivity contribution in [2.75, 3.05) is 0 Å². The highest BCUT2D eigenvalue weighted by Crippen LogP contribution is 2.22. The normalized spacial score (nSPS) is 14.1. The van der Waals surface area contributed by atoms with E-state index < -0.39 is 0 Å². The lowest BCUT2D eigenvalue weighted by molar-refractivity contribution is 0.356. The van der Waals surface area contributed by atoms with Crippen molar-refractivity contribution in [3.8, 4) is 0 Å². The molecule has 98 valence electrons. The molecule has 1 heteroatoms. The van der Waals surface area contributed by atoms with Gasteiger partial charge < -0.3 is 5.73 Å². The molecule has 16 heavy (non-hydrogen) atoms. The molecule has 0 aromatic heterocycles. The smallest absolute Gasteiger partial charge is 0.00104 e. The topological polar surface area (TPSA) is 26.0 Å². The number of rotatable bonds is 9. The molecule has 2 N–H and O–H groups in total. The molecule has 0 bridgehead atoms. The fraction of sp³-hybridized carbons (Fsp3) is 1.00. The van der Waals surface area contributed by atoms with E-state index in [4.69, 9.17) is 5.73 Å². The predicted molar refractivity (Wildman–Crippen MR) is 74.7 cm³/mol. The predicted octanol–water partition coefficient (Wildman–Crippen LogP) is 4.89. The van der Waals surface area contributed by atoms with E-state index in [1.54, 1.807) is 0 Å². The van der Waals surface area contributed by atoms with Crippen LogP contribution in [0.3, 0.4) is 0 Å². The summed E-state index contributed by atoms with van der Waals surface area (Å²) in [7, 11) is 0. The van der Waals surface area contributed by atoms with E-state index in [0.717, 1.165) is 0 Å². The number of hydrogen-bond donors (Lipinski definition) is 1. The molecule has 1 nitrogen and oxygen atoms in total. The Balaban J connectivity index is 3.05. The zero-order valence-electron chi connectivity index (χ0n) is 12.0. The second-order valence-electron chi connectivity index (χ2n) is 6.55. The zero-order chi connectivity index (χ0) is 12.4. The van der Waals surface area contributed by atoms with Gasteiger partial charge in [0.2, 0.25) is 0 Å². The van der Waals surface area contributed by atoms with Crippen molar-refractivity contribution in [1.29, 1.82) is 0 Å². The van der Waals surface area contributed by atoms with Crippen molar-refractivity contribution >= 4 is 0 Å². The van der Waals surface area contributed by atoms with E-state index in [9.17, 15) is 0 Å². The quantitative estimate of drug-likeness (QED) is 0.558. The fourth-order valence-corrected chi connectivity index (χ4v) is 2.01. The lowest BCUT2D eigenvalue weighted by atomic mass is 9.89. The summed E-state index contributed by atoms with van der Waals surface area (Å²) in [4.78, 5) is 0. The number of unbranched alkanes of at least 4 members (excludes halogenated alkanes) is 6. The van der Waals surface area contributed by atoms with Gasteiger partial charge >= 0.3 is 0 Å². The minimum Gasteiger partial charge on any atom is -0.328 e. The van der Waals surface area contributed by atoms with Crippen LogP contribution in [0.15, 0.2) is 0 Å². The van der Waals surface area contributed by atoms with Gasteiger partial charge in [-0.3, -0.25) is 0 Å². The van der Waals surface area contributed by atoms with Crippen LogP contribution in [-0.2, 0) is 0 Å². The Morgan fingerprint density at radius 2 is 1.25 bits per heavy atom. The van der Waals surface area contributed by atoms with Crippen molar-refractivity contribution in [3.63, 3.8) is 0 Å². The molecular weight excluding hydrogens is 194 g/mol. The molecule has 0 radical (unpaired) electrons. The third kappa shape index (κ3) is 14.0. The minimum absolute atomic E-state index is 0.395. The van der Waals surface area contributed by atoms with Gasteiger partial charge in [0.15, 0.2) is 0 Å². The Bertz CT molecular complexity index is 144. The van der Waals surface area contributed by atoms with Gasteiger partial charge in [0.25, 0.3) is 0 Å². The lowest BCUT2D eigenvalue weighted by Gasteiger charge is -2.17. The standard InChI is InChI=1S/C15H33N/c1-14(16)12-10-8-6-5-7-9-11-13-15(2,3)4/h14H,5-13,16H2,1-4H3. The lowest BCUT2D eigenvalue weighted by Crippen LogP contribution is -2.13. The largest absolute Gasteiger partial charge is 0.328 e. The van der Waals surface area contributed by atoms with E-state index >= 15 is 0 Å². The maximum Gasteiger partial charge on any atom is 0.00104 e. The second-order valence-corrected chi connectivity index (χ2v) is 6.55. The van der Waals surface area contributed by atoms with Gasteiger partial charge in [0.1, 0.15) is 0 Å². The van der Waals surface area contributed by atoms with Crippen LogP contribution >= 0.6 is 0 Å². The second kappa shape index (κ2) is 9.04. The summed E-state index contributed by atoms with van der Waals surface area (Å²) in [6.07, 6.45) is 12.3. The van der Waals surface area contributed by atoms with Crippen molar-refractivity contribution in [2.24, 2.45) is 11.1 Å². The Kier molecular flexibility index (Phi) is 9.02. The molecular formula is C15H33N. The highest BCUT2D eigenvalue weighted by molar-refractivity contribution is 4.61. The summed E-state index contributed by atoms with van der Waals surface area (Å²) in [5.41, 5.74) is 6.24. The molecule has 1 atom stereocenters. The molecule has 0 aliphatic carbocycles. The summed E-state index contributed by atoms with van der Waals surface area (Å²) < 4.78 is 0. The van der Waals surface area contributed by atoms with Crippen molar-refractivity contribution < 1.29 is 0 Å². The van der Waals surface area contributed by atoms with E-state index in [1.807, 2.05) is 0 Å². The molecule has 0 aromatic rings. The molecule has 0 spiro atoms. The maximum absolute atomic E-state index is 5.71. The first kappa shape index (κ1) is 16.0. The average Bonchev–Trinajstić information content (AvgIpc) is 2.13. The first-order valence-corrected chi connectivity index (χ1v) is 7.17. The summed E-state index contributed by atoms with van der Waals surface area (Å²) in [5, 5.41) is 0. The fourth-order valence-electron chi connectivity index (χ4n) is 2.01. The van der Waals surface area contributed by atoms with Gasteiger partial charge in [-0.05, 0) is 25.2 Å². The number of nitrogens with two attached hydrogens (primary N) is 1. The maximum atomic E-state index is 5.71. The Labute approximate surface area is 103 Å². The van der Waals surface area contributed by atoms with E-state index in [-0.39, 0.29) is 0 Å². The van der Waals surface area contributed by atoms with Gasteiger partial charge in [-0.15, -0.1) is 0 Å². The third-order valence-electron chi connectivity index (χ3n) is 3.09. The van der Waals surface area contributed by atoms with Gasteiger partial charge in [-0.2, -0.15) is 0 Å². The highest BCUT2D eigenvalue weighted by atomic mass is 14.6. The monoisotopic (exact) mass is 227 g/mol. The van der Waals surface area contributed by atoms with Crippen LogP contribution in [0, 0.1) is 5.41 Å². The molecule has 0 aliphatic heterocycles. The van der Waals surface area contributed by atoms with Crippen LogP contribution in [0.2, 0.25) is 0 Å². The molecule has 0 fully saturated rings. The molecule has 0 aromatic carbocycles. The van der Waals surface area contributed by atoms with Gasteiger partial charge in [0.05, 0.1) is 0 Å². The van der Waals surface area contributed by atoms with Crippen molar-refractivity contribution in [3.05, 3.63) is 0 Å². The van der Waals surface area contributed by atoms with Crippen LogP contribution in [0.25, 0.3) is 0 Å². The van der Waals surface area contributed by atoms with Crippen molar-refractivity contribution in [2.45, 2.75) is 91.5 Å². The van der Waals surface area contributed by atoms with Gasteiger partial charge in [-0.25, -0.2) is 0 Å². The highest BCUT2D eigenvalue weighted by Gasteiger charge is 2.08. The Morgan fingerprint density at radius 3 is 1.69 bits per heavy atom. The van der Waals surface area contributed by atoms with Crippen LogP contribution in [0.5, 0.6) is 0 Å². The van der Waals surface area contributed by atoms with Crippen LogP contribution in [0.1, 0.15) is 85.5 Å². The molecule has 0 saturated carbocycles. The van der Waals surface area contributed by atoms with E-state index in [0.29, 0.717) is 11.5 Å². The van der Waals surface area contributed by atoms with E-state index in [1.165, 1.54) is 57.8 Å². The zero-order valence-corrected chi connectivity index (χ0v) is 12.0. The minimum atomic E-state index is 0.395. The van der Waals surface area contributed by atoms with Crippen LogP contribution in [-0.4, -0.2) is 6.04 Å². The first-order valence-electron chi connectivity index (χ1n) is 7.17. The summed E-state index contributed by atoms with van der Waals surface area (Å²) in [5.74, 6) is 0. The molecule has 0 aliphatic rings.